The predicted octanol–water partition coefficient (Wildman–Crippen LogP) is 6.41. The maximum Gasteiger partial charge on any atom is 0.270 e. The van der Waals surface area contributed by atoms with E-state index in [0.717, 1.165) is 32.2 Å². The Labute approximate surface area is 181 Å². The number of thioether (sulfide) groups is 1. The number of ether oxygens (including phenoxy) is 1. The topological polar surface area (TPSA) is 29.5 Å². The number of carbonyl (C=O) groups excluding carboxylic acids is 1. The molecule has 1 aliphatic heterocycles. The van der Waals surface area contributed by atoms with Gasteiger partial charge in [0.2, 0.25) is 0 Å². The molecular formula is C22H16BrNO2S2. The number of rotatable bonds is 4. The zero-order valence-corrected chi connectivity index (χ0v) is 18.2. The lowest BCUT2D eigenvalue weighted by atomic mass is 10.1. The SMILES string of the molecule is CCOc1ccc(/C=C2/SC(=S)N(c3cccc4ccccc34)C2=O)cc1Br. The van der Waals surface area contributed by atoms with Crippen LogP contribution in [0, 0.1) is 0 Å². The minimum atomic E-state index is -0.101. The zero-order chi connectivity index (χ0) is 19.7. The number of benzene rings is 3. The average molecular weight is 470 g/mol. The Kier molecular flexibility index (Phi) is 5.53. The molecule has 0 atom stereocenters. The maximum atomic E-state index is 13.1. The molecule has 1 aliphatic rings. The van der Waals surface area contributed by atoms with Gasteiger partial charge in [-0.2, -0.15) is 0 Å². The summed E-state index contributed by atoms with van der Waals surface area (Å²) in [7, 11) is 0. The molecule has 1 heterocycles. The fraction of sp³-hybridized carbons (Fsp3) is 0.0909. The summed E-state index contributed by atoms with van der Waals surface area (Å²) in [5.74, 6) is 0.680. The summed E-state index contributed by atoms with van der Waals surface area (Å²) < 4.78 is 6.94. The van der Waals surface area contributed by atoms with E-state index in [9.17, 15) is 4.79 Å². The van der Waals surface area contributed by atoms with Crippen molar-refractivity contribution in [3.05, 3.63) is 75.6 Å². The van der Waals surface area contributed by atoms with Crippen molar-refractivity contribution < 1.29 is 9.53 Å². The van der Waals surface area contributed by atoms with Gasteiger partial charge in [0.1, 0.15) is 5.75 Å². The third-order valence-corrected chi connectivity index (χ3v) is 6.28. The Bertz CT molecular complexity index is 1120. The van der Waals surface area contributed by atoms with Crippen LogP contribution in [-0.4, -0.2) is 16.8 Å². The lowest BCUT2D eigenvalue weighted by molar-refractivity contribution is -0.113. The molecule has 3 aromatic rings. The van der Waals surface area contributed by atoms with Crippen LogP contribution in [0.3, 0.4) is 0 Å². The molecule has 1 fully saturated rings. The first-order valence-corrected chi connectivity index (χ1v) is 10.8. The van der Waals surface area contributed by atoms with Crippen LogP contribution in [0.25, 0.3) is 16.8 Å². The number of thiocarbonyl (C=S) groups is 1. The smallest absolute Gasteiger partial charge is 0.270 e. The number of halogens is 1. The molecule has 0 bridgehead atoms. The molecule has 0 spiro atoms. The van der Waals surface area contributed by atoms with Gasteiger partial charge in [-0.05, 0) is 58.1 Å². The van der Waals surface area contributed by atoms with E-state index >= 15 is 0 Å². The molecule has 6 heteroatoms. The second-order valence-electron chi connectivity index (χ2n) is 6.14. The zero-order valence-electron chi connectivity index (χ0n) is 15.0. The summed E-state index contributed by atoms with van der Waals surface area (Å²) in [6, 6.07) is 19.7. The molecule has 4 rings (SSSR count). The summed E-state index contributed by atoms with van der Waals surface area (Å²) >= 11 is 10.4. The standard InChI is InChI=1S/C22H16BrNO2S2/c1-2-26-19-11-10-14(12-17(19)23)13-20-21(25)24(22(27)28-20)18-9-5-7-15-6-3-4-8-16(15)18/h3-13H,2H2,1H3/b20-13+. The van der Waals surface area contributed by atoms with E-state index < -0.39 is 0 Å². The minimum absolute atomic E-state index is 0.101. The number of fused-ring (bicyclic) bond motifs is 1. The van der Waals surface area contributed by atoms with Crippen LogP contribution in [0.1, 0.15) is 12.5 Å². The van der Waals surface area contributed by atoms with Gasteiger partial charge >= 0.3 is 0 Å². The van der Waals surface area contributed by atoms with Gasteiger partial charge in [-0.3, -0.25) is 9.69 Å². The first-order valence-electron chi connectivity index (χ1n) is 8.76. The van der Waals surface area contributed by atoms with Gasteiger partial charge in [0.05, 0.1) is 21.7 Å². The van der Waals surface area contributed by atoms with Crippen LogP contribution >= 0.6 is 39.9 Å². The molecule has 1 saturated heterocycles. The second kappa shape index (κ2) is 8.07. The predicted molar refractivity (Wildman–Crippen MR) is 125 cm³/mol. The van der Waals surface area contributed by atoms with Crippen molar-refractivity contribution in [2.45, 2.75) is 6.92 Å². The van der Waals surface area contributed by atoms with Gasteiger partial charge in [0.25, 0.3) is 5.91 Å². The van der Waals surface area contributed by atoms with Crippen LogP contribution in [0.2, 0.25) is 0 Å². The number of nitrogens with zero attached hydrogens (tertiary/aromatic N) is 1. The quantitative estimate of drug-likeness (QED) is 0.326. The Hall–Kier alpha value is -2.15. The number of hydrogen-bond acceptors (Lipinski definition) is 4. The number of anilines is 1. The molecule has 0 saturated carbocycles. The summed E-state index contributed by atoms with van der Waals surface area (Å²) in [5.41, 5.74) is 1.73. The molecule has 28 heavy (non-hydrogen) atoms. The molecule has 0 aromatic heterocycles. The number of amides is 1. The fourth-order valence-electron chi connectivity index (χ4n) is 3.11. The van der Waals surface area contributed by atoms with Gasteiger partial charge in [-0.15, -0.1) is 0 Å². The van der Waals surface area contributed by atoms with E-state index in [1.807, 2.05) is 73.7 Å². The second-order valence-corrected chi connectivity index (χ2v) is 8.67. The summed E-state index contributed by atoms with van der Waals surface area (Å²) in [6.07, 6.45) is 1.87. The average Bonchev–Trinajstić information content (AvgIpc) is 2.97. The molecular weight excluding hydrogens is 454 g/mol. The third kappa shape index (κ3) is 3.60. The normalized spacial score (nSPS) is 15.6. The first-order chi connectivity index (χ1) is 13.6. The van der Waals surface area contributed by atoms with Crippen LogP contribution in [0.4, 0.5) is 5.69 Å². The van der Waals surface area contributed by atoms with Gasteiger partial charge in [-0.25, -0.2) is 0 Å². The summed E-state index contributed by atoms with van der Waals surface area (Å²) in [4.78, 5) is 15.4. The van der Waals surface area contributed by atoms with Crippen molar-refractivity contribution in [1.82, 2.24) is 0 Å². The molecule has 1 amide bonds. The largest absolute Gasteiger partial charge is 0.493 e. The highest BCUT2D eigenvalue weighted by Gasteiger charge is 2.34. The molecule has 3 nitrogen and oxygen atoms in total. The number of hydrogen-bond donors (Lipinski definition) is 0. The first kappa shape index (κ1) is 19.2. The Morgan fingerprint density at radius 2 is 1.93 bits per heavy atom. The highest BCUT2D eigenvalue weighted by molar-refractivity contribution is 9.10. The molecule has 0 aliphatic carbocycles. The lowest BCUT2D eigenvalue weighted by Crippen LogP contribution is -2.27. The Morgan fingerprint density at radius 1 is 1.14 bits per heavy atom. The lowest BCUT2D eigenvalue weighted by Gasteiger charge is -2.17. The molecule has 3 aromatic carbocycles. The van der Waals surface area contributed by atoms with Gasteiger partial charge < -0.3 is 4.74 Å². The van der Waals surface area contributed by atoms with Crippen molar-refractivity contribution in [3.63, 3.8) is 0 Å². The minimum Gasteiger partial charge on any atom is -0.493 e. The Balaban J connectivity index is 1.69. The summed E-state index contributed by atoms with van der Waals surface area (Å²) in [5, 5.41) is 2.08. The monoisotopic (exact) mass is 469 g/mol. The molecule has 0 radical (unpaired) electrons. The number of carbonyl (C=O) groups is 1. The van der Waals surface area contributed by atoms with Gasteiger partial charge in [0.15, 0.2) is 4.32 Å². The maximum absolute atomic E-state index is 13.1. The van der Waals surface area contributed by atoms with Gasteiger partial charge in [-0.1, -0.05) is 66.4 Å². The van der Waals surface area contributed by atoms with E-state index in [-0.39, 0.29) is 5.91 Å². The van der Waals surface area contributed by atoms with Crippen molar-refractivity contribution in [2.24, 2.45) is 0 Å². The van der Waals surface area contributed by atoms with Gasteiger partial charge in [0, 0.05) is 5.39 Å². The van der Waals surface area contributed by atoms with Crippen molar-refractivity contribution >= 4 is 72.7 Å². The van der Waals surface area contributed by atoms with E-state index in [1.54, 1.807) is 4.90 Å². The molecule has 0 N–H and O–H groups in total. The summed E-state index contributed by atoms with van der Waals surface area (Å²) in [6.45, 7) is 2.54. The molecule has 140 valence electrons. The van der Waals surface area contributed by atoms with Crippen LogP contribution in [0.15, 0.2) is 70.0 Å². The Morgan fingerprint density at radius 3 is 2.71 bits per heavy atom. The van der Waals surface area contributed by atoms with Crippen LogP contribution < -0.4 is 9.64 Å². The van der Waals surface area contributed by atoms with Crippen molar-refractivity contribution in [1.29, 1.82) is 0 Å². The van der Waals surface area contributed by atoms with E-state index in [0.29, 0.717) is 15.8 Å². The van der Waals surface area contributed by atoms with E-state index in [4.69, 9.17) is 17.0 Å². The van der Waals surface area contributed by atoms with Crippen LogP contribution in [0.5, 0.6) is 5.75 Å². The van der Waals surface area contributed by atoms with Crippen molar-refractivity contribution in [3.8, 4) is 5.75 Å². The van der Waals surface area contributed by atoms with Crippen LogP contribution in [-0.2, 0) is 4.79 Å². The highest BCUT2D eigenvalue weighted by Crippen LogP contribution is 2.39. The van der Waals surface area contributed by atoms with Crippen molar-refractivity contribution in [2.75, 3.05) is 11.5 Å². The van der Waals surface area contributed by atoms with E-state index in [2.05, 4.69) is 15.9 Å². The molecule has 0 unspecified atom stereocenters. The highest BCUT2D eigenvalue weighted by atomic mass is 79.9. The van der Waals surface area contributed by atoms with E-state index in [1.165, 1.54) is 11.8 Å². The third-order valence-electron chi connectivity index (χ3n) is 4.35. The fourth-order valence-corrected chi connectivity index (χ4v) is 4.91.